The van der Waals surface area contributed by atoms with Gasteiger partial charge >= 0.3 is 12.1 Å². The van der Waals surface area contributed by atoms with E-state index < -0.39 is 30.6 Å². The molecule has 13 nitrogen and oxygen atoms in total. The number of primary amides is 1. The van der Waals surface area contributed by atoms with E-state index in [1.54, 1.807) is 12.3 Å². The van der Waals surface area contributed by atoms with Gasteiger partial charge in [-0.25, -0.2) is 14.3 Å². The maximum atomic E-state index is 13.0. The number of ether oxygens (including phenoxy) is 1. The predicted molar refractivity (Wildman–Crippen MR) is 123 cm³/mol. The van der Waals surface area contributed by atoms with Crippen molar-refractivity contribution in [1.29, 1.82) is 0 Å². The lowest BCUT2D eigenvalue weighted by atomic mass is 9.91. The summed E-state index contributed by atoms with van der Waals surface area (Å²) in [5, 5.41) is 13.8. The number of hydrogen-bond donors (Lipinski definition) is 4. The van der Waals surface area contributed by atoms with Gasteiger partial charge in [0.25, 0.3) is 11.8 Å². The summed E-state index contributed by atoms with van der Waals surface area (Å²) in [4.78, 5) is 40.1. The third-order valence-corrected chi connectivity index (χ3v) is 5.79. The van der Waals surface area contributed by atoms with Gasteiger partial charge in [-0.15, -0.1) is 0 Å². The molecule has 3 heterocycles. The van der Waals surface area contributed by atoms with E-state index >= 15 is 0 Å². The number of carbonyl (C=O) groups is 3. The number of nitrogens with zero attached hydrogens (tertiary/aromatic N) is 5. The van der Waals surface area contributed by atoms with E-state index in [2.05, 4.69) is 30.6 Å². The summed E-state index contributed by atoms with van der Waals surface area (Å²) >= 11 is 0. The normalized spacial score (nSPS) is 17.9. The van der Waals surface area contributed by atoms with E-state index in [1.807, 2.05) is 0 Å². The van der Waals surface area contributed by atoms with Crippen LogP contribution in [0.2, 0.25) is 0 Å². The molecule has 0 bridgehead atoms. The Kier molecular flexibility index (Phi) is 7.28. The Hall–Kier alpha value is -4.21. The number of alkyl halides is 3. The number of aromatic nitrogens is 5. The van der Waals surface area contributed by atoms with Gasteiger partial charge in [0.1, 0.15) is 18.0 Å². The smallest absolute Gasteiger partial charge is 0.457 e. The number of nitrogens with one attached hydrogen (secondary N) is 2. The minimum Gasteiger partial charge on any atom is -0.457 e. The SMILES string of the molecule is NC(=O)c1nn(CCOC(=O)C(F)(F)F)cc1NC(=O)c1cnn2ccc(N[C@@H]3CCCC[C@@H]3N)nc12. The number of rotatable bonds is 8. The van der Waals surface area contributed by atoms with Crippen molar-refractivity contribution in [2.45, 2.75) is 50.5 Å². The third-order valence-electron chi connectivity index (χ3n) is 5.79. The van der Waals surface area contributed by atoms with Crippen molar-refractivity contribution in [2.75, 3.05) is 17.2 Å². The van der Waals surface area contributed by atoms with E-state index in [9.17, 15) is 27.6 Å². The van der Waals surface area contributed by atoms with Gasteiger partial charge in [0.15, 0.2) is 11.3 Å². The molecule has 0 radical (unpaired) electrons. The Balaban J connectivity index is 1.49. The van der Waals surface area contributed by atoms with E-state index in [0.717, 1.165) is 30.4 Å². The van der Waals surface area contributed by atoms with Gasteiger partial charge in [-0.2, -0.15) is 23.4 Å². The molecule has 1 aliphatic rings. The molecule has 37 heavy (non-hydrogen) atoms. The molecular weight excluding hydrogens is 499 g/mol. The van der Waals surface area contributed by atoms with E-state index in [4.69, 9.17) is 11.5 Å². The highest BCUT2D eigenvalue weighted by molar-refractivity contribution is 6.10. The van der Waals surface area contributed by atoms with Crippen molar-refractivity contribution in [3.8, 4) is 0 Å². The molecule has 4 rings (SSSR count). The number of anilines is 2. The maximum absolute atomic E-state index is 13.0. The highest BCUT2D eigenvalue weighted by Gasteiger charge is 2.40. The van der Waals surface area contributed by atoms with Crippen LogP contribution in [0.15, 0.2) is 24.7 Å². The Bertz CT molecular complexity index is 1320. The number of hydrogen-bond acceptors (Lipinski definition) is 9. The Morgan fingerprint density at radius 3 is 2.68 bits per heavy atom. The van der Waals surface area contributed by atoms with E-state index in [1.165, 1.54) is 16.9 Å². The number of nitrogens with two attached hydrogens (primary N) is 2. The second-order valence-electron chi connectivity index (χ2n) is 8.44. The van der Waals surface area contributed by atoms with Crippen molar-refractivity contribution in [1.82, 2.24) is 24.4 Å². The Morgan fingerprint density at radius 2 is 1.97 bits per heavy atom. The van der Waals surface area contributed by atoms with Crippen LogP contribution in [0.4, 0.5) is 24.7 Å². The standard InChI is InChI=1S/C21H24F3N9O4/c22-21(23,24)20(36)37-8-7-32-10-14(16(31-32)17(26)34)29-19(35)11-9-27-33-6-5-15(30-18(11)33)28-13-4-2-1-3-12(13)25/h5-6,9-10,12-13H,1-4,7-8,25H2,(H2,26,34)(H,28,30)(H,29,35)/t12-,13+/m0/s1. The van der Waals surface area contributed by atoms with Crippen LogP contribution < -0.4 is 22.1 Å². The lowest BCUT2D eigenvalue weighted by Gasteiger charge is -2.29. The average molecular weight is 523 g/mol. The van der Waals surface area contributed by atoms with Crippen LogP contribution in [0, 0.1) is 0 Å². The predicted octanol–water partition coefficient (Wildman–Crippen LogP) is 1.06. The molecule has 1 saturated carbocycles. The van der Waals surface area contributed by atoms with Gasteiger partial charge in [0.05, 0.1) is 18.4 Å². The van der Waals surface area contributed by atoms with Gasteiger partial charge in [-0.05, 0) is 18.9 Å². The monoisotopic (exact) mass is 523 g/mol. The molecule has 0 aromatic carbocycles. The fourth-order valence-corrected chi connectivity index (χ4v) is 3.95. The summed E-state index contributed by atoms with van der Waals surface area (Å²) in [5.41, 5.74) is 11.4. The zero-order chi connectivity index (χ0) is 26.7. The first-order valence-electron chi connectivity index (χ1n) is 11.3. The average Bonchev–Trinajstić information content (AvgIpc) is 3.44. The van der Waals surface area contributed by atoms with Gasteiger partial charge in [-0.1, -0.05) is 12.8 Å². The van der Waals surface area contributed by atoms with E-state index in [-0.39, 0.29) is 41.2 Å². The lowest BCUT2D eigenvalue weighted by Crippen LogP contribution is -2.42. The number of fused-ring (bicyclic) bond motifs is 1. The zero-order valence-corrected chi connectivity index (χ0v) is 19.4. The molecule has 1 aliphatic carbocycles. The number of carbonyl (C=O) groups excluding carboxylic acids is 3. The number of esters is 1. The van der Waals surface area contributed by atoms with Gasteiger partial charge in [0, 0.05) is 24.5 Å². The van der Waals surface area contributed by atoms with Crippen molar-refractivity contribution in [3.63, 3.8) is 0 Å². The second kappa shape index (κ2) is 10.4. The lowest BCUT2D eigenvalue weighted by molar-refractivity contribution is -0.199. The van der Waals surface area contributed by atoms with Crippen molar-refractivity contribution in [2.24, 2.45) is 11.5 Å². The molecule has 0 aliphatic heterocycles. The third kappa shape index (κ3) is 5.96. The molecule has 2 atom stereocenters. The quantitative estimate of drug-likeness (QED) is 0.313. The zero-order valence-electron chi connectivity index (χ0n) is 19.4. The molecule has 0 saturated heterocycles. The molecule has 1 fully saturated rings. The molecule has 3 aromatic heterocycles. The van der Waals surface area contributed by atoms with Crippen molar-refractivity contribution >= 4 is 34.9 Å². The molecule has 0 spiro atoms. The van der Waals surface area contributed by atoms with Crippen LogP contribution >= 0.6 is 0 Å². The number of amides is 2. The van der Waals surface area contributed by atoms with Crippen LogP contribution in [0.1, 0.15) is 46.5 Å². The maximum Gasteiger partial charge on any atom is 0.490 e. The molecule has 2 amide bonds. The fourth-order valence-electron chi connectivity index (χ4n) is 3.95. The molecular formula is C21H24F3N9O4. The van der Waals surface area contributed by atoms with Gasteiger partial charge in [0.2, 0.25) is 0 Å². The van der Waals surface area contributed by atoms with Crippen LogP contribution in [0.25, 0.3) is 5.65 Å². The highest BCUT2D eigenvalue weighted by atomic mass is 19.4. The molecule has 16 heteroatoms. The molecule has 0 unspecified atom stereocenters. The topological polar surface area (TPSA) is 185 Å². The summed E-state index contributed by atoms with van der Waals surface area (Å²) in [6.45, 7) is -1.00. The highest BCUT2D eigenvalue weighted by Crippen LogP contribution is 2.22. The summed E-state index contributed by atoms with van der Waals surface area (Å²) in [6.07, 6.45) is 2.88. The van der Waals surface area contributed by atoms with Crippen LogP contribution in [-0.4, -0.2) is 67.0 Å². The van der Waals surface area contributed by atoms with Crippen molar-refractivity contribution < 1.29 is 32.3 Å². The first-order chi connectivity index (χ1) is 17.5. The summed E-state index contributed by atoms with van der Waals surface area (Å²) < 4.78 is 43.3. The van der Waals surface area contributed by atoms with Crippen LogP contribution in [0.3, 0.4) is 0 Å². The fraction of sp³-hybridized carbons (Fsp3) is 0.429. The first kappa shape index (κ1) is 25.9. The Labute approximate surface area is 207 Å². The van der Waals surface area contributed by atoms with E-state index in [0.29, 0.717) is 5.82 Å². The van der Waals surface area contributed by atoms with Crippen LogP contribution in [-0.2, 0) is 16.1 Å². The minimum atomic E-state index is -5.14. The molecule has 6 N–H and O–H groups in total. The Morgan fingerprint density at radius 1 is 1.22 bits per heavy atom. The largest absolute Gasteiger partial charge is 0.490 e. The first-order valence-corrected chi connectivity index (χ1v) is 11.3. The van der Waals surface area contributed by atoms with Gasteiger partial charge in [-0.3, -0.25) is 14.3 Å². The molecule has 3 aromatic rings. The summed E-state index contributed by atoms with van der Waals surface area (Å²) in [5.74, 6) is -3.51. The van der Waals surface area contributed by atoms with Crippen LogP contribution in [0.5, 0.6) is 0 Å². The minimum absolute atomic E-state index is 0.0137. The van der Waals surface area contributed by atoms with Gasteiger partial charge < -0.3 is 26.8 Å². The van der Waals surface area contributed by atoms with Crippen molar-refractivity contribution in [3.05, 3.63) is 35.9 Å². The molecule has 198 valence electrons. The summed E-state index contributed by atoms with van der Waals surface area (Å²) in [6, 6.07) is 1.74. The summed E-state index contributed by atoms with van der Waals surface area (Å²) in [7, 11) is 0. The number of halogens is 3. The second-order valence-corrected chi connectivity index (χ2v) is 8.44.